The Bertz CT molecular complexity index is 1090. The summed E-state index contributed by atoms with van der Waals surface area (Å²) < 4.78 is 7.55. The summed E-state index contributed by atoms with van der Waals surface area (Å²) in [7, 11) is 0. The summed E-state index contributed by atoms with van der Waals surface area (Å²) in [5.41, 5.74) is 6.94. The Morgan fingerprint density at radius 3 is 2.59 bits per heavy atom. The molecule has 0 radical (unpaired) electrons. The van der Waals surface area contributed by atoms with Crippen LogP contribution in [0.4, 0.5) is 0 Å². The summed E-state index contributed by atoms with van der Waals surface area (Å²) in [5, 5.41) is 3.02. The highest BCUT2D eigenvalue weighted by molar-refractivity contribution is 5.97. The van der Waals surface area contributed by atoms with Gasteiger partial charge in [-0.25, -0.2) is 0 Å². The second-order valence-electron chi connectivity index (χ2n) is 6.88. The summed E-state index contributed by atoms with van der Waals surface area (Å²) >= 11 is 0. The molecule has 4 nitrogen and oxygen atoms in total. The highest BCUT2D eigenvalue weighted by Crippen LogP contribution is 2.23. The first kappa shape index (κ1) is 17.2. The summed E-state index contributed by atoms with van der Waals surface area (Å²) in [6.45, 7) is 5.26. The fraction of sp³-hybridized carbons (Fsp3) is 0.174. The van der Waals surface area contributed by atoms with Crippen LogP contribution in [-0.2, 0) is 13.1 Å². The molecule has 0 saturated heterocycles. The van der Waals surface area contributed by atoms with Crippen LogP contribution in [0.5, 0.6) is 0 Å². The maximum atomic E-state index is 12.9. The van der Waals surface area contributed by atoms with Crippen molar-refractivity contribution in [2.24, 2.45) is 0 Å². The predicted octanol–water partition coefficient (Wildman–Crippen LogP) is 4.83. The van der Waals surface area contributed by atoms with Crippen LogP contribution in [0.15, 0.2) is 71.3 Å². The molecular weight excluding hydrogens is 336 g/mol. The lowest BCUT2D eigenvalue weighted by Gasteiger charge is -2.12. The lowest BCUT2D eigenvalue weighted by atomic mass is 10.1. The van der Waals surface area contributed by atoms with Gasteiger partial charge in [0, 0.05) is 25.2 Å². The van der Waals surface area contributed by atoms with Crippen molar-refractivity contribution in [2.75, 3.05) is 0 Å². The zero-order chi connectivity index (χ0) is 18.8. The van der Waals surface area contributed by atoms with Gasteiger partial charge in [-0.15, -0.1) is 0 Å². The highest BCUT2D eigenvalue weighted by atomic mass is 16.3. The maximum absolute atomic E-state index is 12.9. The topological polar surface area (TPSA) is 47.2 Å². The number of carbonyl (C=O) groups is 1. The number of hydrogen-bond donors (Lipinski definition) is 1. The van der Waals surface area contributed by atoms with Crippen LogP contribution in [0.25, 0.3) is 11.1 Å². The number of amides is 1. The summed E-state index contributed by atoms with van der Waals surface area (Å²) in [6, 6.07) is 20.1. The number of rotatable bonds is 5. The molecule has 4 aromatic rings. The number of benzene rings is 2. The molecule has 0 spiro atoms. The molecule has 1 amide bonds. The zero-order valence-corrected chi connectivity index (χ0v) is 15.5. The molecule has 0 aliphatic heterocycles. The molecule has 0 fully saturated rings. The minimum absolute atomic E-state index is 0.101. The highest BCUT2D eigenvalue weighted by Gasteiger charge is 2.18. The van der Waals surface area contributed by atoms with E-state index in [1.54, 1.807) is 6.26 Å². The van der Waals surface area contributed by atoms with Crippen molar-refractivity contribution in [2.45, 2.75) is 26.9 Å². The normalized spacial score (nSPS) is 11.0. The van der Waals surface area contributed by atoms with Gasteiger partial charge in [0.15, 0.2) is 5.58 Å². The summed E-state index contributed by atoms with van der Waals surface area (Å²) in [5.74, 6) is -0.101. The molecule has 4 rings (SSSR count). The van der Waals surface area contributed by atoms with Crippen LogP contribution in [0, 0.1) is 13.8 Å². The van der Waals surface area contributed by atoms with Gasteiger partial charge in [0.1, 0.15) is 5.69 Å². The fourth-order valence-electron chi connectivity index (χ4n) is 3.27. The van der Waals surface area contributed by atoms with Crippen molar-refractivity contribution >= 4 is 17.0 Å². The zero-order valence-electron chi connectivity index (χ0n) is 15.5. The SMILES string of the molecule is Cc1ccc(CNC(=O)c2cc3occc3n2Cc2ccccc2C)cc1. The Balaban J connectivity index is 1.61. The third-order valence-corrected chi connectivity index (χ3v) is 4.92. The van der Waals surface area contributed by atoms with Crippen LogP contribution in [-0.4, -0.2) is 10.5 Å². The van der Waals surface area contributed by atoms with Gasteiger partial charge < -0.3 is 14.3 Å². The smallest absolute Gasteiger partial charge is 0.268 e. The van der Waals surface area contributed by atoms with E-state index in [-0.39, 0.29) is 5.91 Å². The monoisotopic (exact) mass is 358 g/mol. The third kappa shape index (κ3) is 3.51. The third-order valence-electron chi connectivity index (χ3n) is 4.92. The Hall–Kier alpha value is -3.27. The Labute approximate surface area is 158 Å². The molecule has 136 valence electrons. The first-order valence-electron chi connectivity index (χ1n) is 9.07. The van der Waals surface area contributed by atoms with Crippen LogP contribution in [0.3, 0.4) is 0 Å². The van der Waals surface area contributed by atoms with Crippen molar-refractivity contribution in [3.8, 4) is 0 Å². The van der Waals surface area contributed by atoms with E-state index in [0.29, 0.717) is 18.8 Å². The molecular formula is C23H22N2O2. The number of fused-ring (bicyclic) bond motifs is 1. The number of aryl methyl sites for hydroxylation is 2. The standard InChI is InChI=1S/C23H22N2O2/c1-16-7-9-18(10-8-16)14-24-23(26)21-13-22-20(11-12-27-22)25(21)15-19-6-4-3-5-17(19)2/h3-13H,14-15H2,1-2H3,(H,24,26). The molecule has 0 aliphatic rings. The average Bonchev–Trinajstić information content (AvgIpc) is 3.25. The van der Waals surface area contributed by atoms with Gasteiger partial charge in [-0.05, 0) is 30.5 Å². The second kappa shape index (κ2) is 7.16. The Morgan fingerprint density at radius 2 is 1.81 bits per heavy atom. The minimum Gasteiger partial charge on any atom is -0.463 e. The van der Waals surface area contributed by atoms with Gasteiger partial charge in [0.2, 0.25) is 0 Å². The fourth-order valence-corrected chi connectivity index (χ4v) is 3.27. The largest absolute Gasteiger partial charge is 0.463 e. The van der Waals surface area contributed by atoms with Gasteiger partial charge in [-0.2, -0.15) is 0 Å². The summed E-state index contributed by atoms with van der Waals surface area (Å²) in [6.07, 6.45) is 1.66. The lowest BCUT2D eigenvalue weighted by molar-refractivity contribution is 0.0942. The van der Waals surface area contributed by atoms with E-state index in [1.165, 1.54) is 16.7 Å². The van der Waals surface area contributed by atoms with Crippen LogP contribution in [0.2, 0.25) is 0 Å². The number of furan rings is 1. The number of nitrogens with zero attached hydrogens (tertiary/aromatic N) is 1. The minimum atomic E-state index is -0.101. The van der Waals surface area contributed by atoms with E-state index < -0.39 is 0 Å². The quantitative estimate of drug-likeness (QED) is 0.555. The lowest BCUT2D eigenvalue weighted by Crippen LogP contribution is -2.25. The molecule has 2 aromatic heterocycles. The van der Waals surface area contributed by atoms with Gasteiger partial charge >= 0.3 is 0 Å². The van der Waals surface area contributed by atoms with Crippen LogP contribution < -0.4 is 5.32 Å². The number of hydrogen-bond acceptors (Lipinski definition) is 2. The first-order valence-corrected chi connectivity index (χ1v) is 9.07. The Morgan fingerprint density at radius 1 is 1.04 bits per heavy atom. The van der Waals surface area contributed by atoms with Crippen LogP contribution in [0.1, 0.15) is 32.7 Å². The second-order valence-corrected chi connectivity index (χ2v) is 6.88. The van der Waals surface area contributed by atoms with Gasteiger partial charge in [0.25, 0.3) is 5.91 Å². The van der Waals surface area contributed by atoms with E-state index in [1.807, 2.05) is 41.0 Å². The number of nitrogens with one attached hydrogen (secondary N) is 1. The van der Waals surface area contributed by atoms with Gasteiger partial charge in [-0.3, -0.25) is 4.79 Å². The molecule has 0 bridgehead atoms. The first-order chi connectivity index (χ1) is 13.1. The molecule has 0 saturated carbocycles. The molecule has 0 unspecified atom stereocenters. The van der Waals surface area contributed by atoms with E-state index in [4.69, 9.17) is 4.42 Å². The average molecular weight is 358 g/mol. The van der Waals surface area contributed by atoms with E-state index >= 15 is 0 Å². The van der Waals surface area contributed by atoms with E-state index in [0.717, 1.165) is 16.7 Å². The van der Waals surface area contributed by atoms with Crippen molar-refractivity contribution in [3.63, 3.8) is 0 Å². The molecule has 4 heteroatoms. The van der Waals surface area contributed by atoms with Crippen molar-refractivity contribution in [1.29, 1.82) is 0 Å². The van der Waals surface area contributed by atoms with E-state index in [2.05, 4.69) is 43.4 Å². The number of carbonyl (C=O) groups excluding carboxylic acids is 1. The van der Waals surface area contributed by atoms with Crippen LogP contribution >= 0.6 is 0 Å². The van der Waals surface area contributed by atoms with Gasteiger partial charge in [0.05, 0.1) is 11.8 Å². The molecule has 2 heterocycles. The van der Waals surface area contributed by atoms with Crippen molar-refractivity contribution in [1.82, 2.24) is 9.88 Å². The maximum Gasteiger partial charge on any atom is 0.268 e. The Kier molecular flexibility index (Phi) is 4.55. The molecule has 1 N–H and O–H groups in total. The van der Waals surface area contributed by atoms with Crippen molar-refractivity contribution in [3.05, 3.63) is 94.9 Å². The molecule has 0 atom stereocenters. The number of aromatic nitrogens is 1. The molecule has 0 aliphatic carbocycles. The molecule has 27 heavy (non-hydrogen) atoms. The van der Waals surface area contributed by atoms with E-state index in [9.17, 15) is 4.79 Å². The predicted molar refractivity (Wildman–Crippen MR) is 107 cm³/mol. The molecule has 2 aromatic carbocycles. The van der Waals surface area contributed by atoms with Crippen molar-refractivity contribution < 1.29 is 9.21 Å². The summed E-state index contributed by atoms with van der Waals surface area (Å²) in [4.78, 5) is 12.9. The van der Waals surface area contributed by atoms with Gasteiger partial charge in [-0.1, -0.05) is 54.1 Å².